The lowest BCUT2D eigenvalue weighted by Crippen LogP contribution is -2.35. The molecule has 0 aromatic heterocycles. The van der Waals surface area contributed by atoms with Gasteiger partial charge in [0.2, 0.25) is 0 Å². The lowest BCUT2D eigenvalue weighted by molar-refractivity contribution is 0.357. The molecule has 2 unspecified atom stereocenters. The molecule has 1 saturated heterocycles. The SMILES string of the molecule is COc1ccc(/C=C/C2CC(C)CCN2)c(OC)c1. The van der Waals surface area contributed by atoms with Crippen molar-refractivity contribution in [1.82, 2.24) is 5.32 Å². The lowest BCUT2D eigenvalue weighted by atomic mass is 9.94. The maximum Gasteiger partial charge on any atom is 0.129 e. The van der Waals surface area contributed by atoms with E-state index in [1.54, 1.807) is 14.2 Å². The average Bonchev–Trinajstić information content (AvgIpc) is 2.45. The Labute approximate surface area is 115 Å². The molecule has 0 amide bonds. The van der Waals surface area contributed by atoms with E-state index in [4.69, 9.17) is 9.47 Å². The van der Waals surface area contributed by atoms with E-state index in [1.807, 2.05) is 18.2 Å². The van der Waals surface area contributed by atoms with Crippen LogP contribution in [0.1, 0.15) is 25.3 Å². The van der Waals surface area contributed by atoms with Gasteiger partial charge in [-0.25, -0.2) is 0 Å². The van der Waals surface area contributed by atoms with Gasteiger partial charge in [0.25, 0.3) is 0 Å². The van der Waals surface area contributed by atoms with Gasteiger partial charge in [-0.1, -0.05) is 19.1 Å². The minimum absolute atomic E-state index is 0.468. The summed E-state index contributed by atoms with van der Waals surface area (Å²) in [7, 11) is 3.35. The number of ether oxygens (including phenoxy) is 2. The number of hydrogen-bond donors (Lipinski definition) is 1. The second-order valence-electron chi connectivity index (χ2n) is 5.16. The van der Waals surface area contributed by atoms with Gasteiger partial charge in [0, 0.05) is 17.7 Å². The van der Waals surface area contributed by atoms with Gasteiger partial charge in [-0.15, -0.1) is 0 Å². The quantitative estimate of drug-likeness (QED) is 0.903. The van der Waals surface area contributed by atoms with E-state index in [2.05, 4.69) is 24.4 Å². The molecule has 0 bridgehead atoms. The third-order valence-electron chi connectivity index (χ3n) is 3.65. The van der Waals surface area contributed by atoms with Crippen LogP contribution in [0.15, 0.2) is 24.3 Å². The van der Waals surface area contributed by atoms with Crippen molar-refractivity contribution in [2.24, 2.45) is 5.92 Å². The Hall–Kier alpha value is -1.48. The molecule has 1 aromatic rings. The monoisotopic (exact) mass is 261 g/mol. The van der Waals surface area contributed by atoms with Crippen molar-refractivity contribution in [3.8, 4) is 11.5 Å². The second-order valence-corrected chi connectivity index (χ2v) is 5.16. The standard InChI is InChI=1S/C16H23NO2/c1-12-8-9-17-14(10-12)6-4-13-5-7-15(18-2)11-16(13)19-3/h4-7,11-12,14,17H,8-10H2,1-3H3/b6-4+. The number of benzene rings is 1. The molecule has 3 heteroatoms. The smallest absolute Gasteiger partial charge is 0.129 e. The molecule has 1 heterocycles. The minimum Gasteiger partial charge on any atom is -0.497 e. The molecule has 0 radical (unpaired) electrons. The first-order valence-electron chi connectivity index (χ1n) is 6.86. The van der Waals surface area contributed by atoms with Crippen LogP contribution in [0.2, 0.25) is 0 Å². The maximum atomic E-state index is 5.40. The fraction of sp³-hybridized carbons (Fsp3) is 0.500. The molecule has 0 aliphatic carbocycles. The molecule has 1 fully saturated rings. The summed E-state index contributed by atoms with van der Waals surface area (Å²) in [6, 6.07) is 6.37. The van der Waals surface area contributed by atoms with E-state index < -0.39 is 0 Å². The van der Waals surface area contributed by atoms with E-state index in [0.29, 0.717) is 6.04 Å². The van der Waals surface area contributed by atoms with Crippen molar-refractivity contribution in [2.75, 3.05) is 20.8 Å². The van der Waals surface area contributed by atoms with Crippen LogP contribution in [0.3, 0.4) is 0 Å². The molecule has 1 aromatic carbocycles. The largest absolute Gasteiger partial charge is 0.497 e. The number of rotatable bonds is 4. The number of methoxy groups -OCH3 is 2. The summed E-state index contributed by atoms with van der Waals surface area (Å²) in [6.07, 6.45) is 6.85. The van der Waals surface area contributed by atoms with E-state index in [0.717, 1.165) is 29.5 Å². The summed E-state index contributed by atoms with van der Waals surface area (Å²) in [5.41, 5.74) is 1.09. The average molecular weight is 261 g/mol. The van der Waals surface area contributed by atoms with Gasteiger partial charge >= 0.3 is 0 Å². The molecule has 19 heavy (non-hydrogen) atoms. The summed E-state index contributed by atoms with van der Waals surface area (Å²) in [5, 5.41) is 3.53. The van der Waals surface area contributed by atoms with Crippen molar-refractivity contribution < 1.29 is 9.47 Å². The first kappa shape index (κ1) is 13.9. The molecule has 0 saturated carbocycles. The molecule has 1 aliphatic rings. The highest BCUT2D eigenvalue weighted by Crippen LogP contribution is 2.26. The van der Waals surface area contributed by atoms with Crippen molar-refractivity contribution in [2.45, 2.75) is 25.8 Å². The van der Waals surface area contributed by atoms with Crippen LogP contribution >= 0.6 is 0 Å². The molecule has 1 aliphatic heterocycles. The van der Waals surface area contributed by atoms with E-state index in [9.17, 15) is 0 Å². The van der Waals surface area contributed by atoms with Crippen LogP contribution < -0.4 is 14.8 Å². The zero-order valence-electron chi connectivity index (χ0n) is 12.0. The van der Waals surface area contributed by atoms with Gasteiger partial charge in [-0.05, 0) is 37.4 Å². The lowest BCUT2D eigenvalue weighted by Gasteiger charge is -2.25. The van der Waals surface area contributed by atoms with Crippen molar-refractivity contribution in [1.29, 1.82) is 0 Å². The number of piperidine rings is 1. The maximum absolute atomic E-state index is 5.40. The van der Waals surface area contributed by atoms with E-state index >= 15 is 0 Å². The Balaban J connectivity index is 2.09. The molecule has 3 nitrogen and oxygen atoms in total. The molecule has 104 valence electrons. The summed E-state index contributed by atoms with van der Waals surface area (Å²) in [5.74, 6) is 2.46. The van der Waals surface area contributed by atoms with Crippen LogP contribution in [0.25, 0.3) is 6.08 Å². The number of nitrogens with one attached hydrogen (secondary N) is 1. The minimum atomic E-state index is 0.468. The third kappa shape index (κ3) is 3.74. The van der Waals surface area contributed by atoms with Gasteiger partial charge < -0.3 is 14.8 Å². The second kappa shape index (κ2) is 6.62. The first-order chi connectivity index (χ1) is 9.22. The van der Waals surface area contributed by atoms with Gasteiger partial charge in [-0.3, -0.25) is 0 Å². The number of hydrogen-bond acceptors (Lipinski definition) is 3. The normalized spacial score (nSPS) is 23.5. The van der Waals surface area contributed by atoms with Crippen LogP contribution in [-0.2, 0) is 0 Å². The highest BCUT2D eigenvalue weighted by Gasteiger charge is 2.15. The highest BCUT2D eigenvalue weighted by molar-refractivity contribution is 5.59. The van der Waals surface area contributed by atoms with Crippen LogP contribution in [-0.4, -0.2) is 26.8 Å². The van der Waals surface area contributed by atoms with Crippen LogP contribution in [0, 0.1) is 5.92 Å². The van der Waals surface area contributed by atoms with Gasteiger partial charge in [0.05, 0.1) is 14.2 Å². The Morgan fingerprint density at radius 1 is 1.26 bits per heavy atom. The van der Waals surface area contributed by atoms with Crippen LogP contribution in [0.4, 0.5) is 0 Å². The molecular formula is C16H23NO2. The van der Waals surface area contributed by atoms with Crippen molar-refractivity contribution >= 4 is 6.08 Å². The Bertz CT molecular complexity index is 442. The Morgan fingerprint density at radius 3 is 2.79 bits per heavy atom. The Kier molecular flexibility index (Phi) is 4.86. The molecule has 0 spiro atoms. The summed E-state index contributed by atoms with van der Waals surface area (Å²) in [6.45, 7) is 3.42. The Morgan fingerprint density at radius 2 is 2.11 bits per heavy atom. The fourth-order valence-corrected chi connectivity index (χ4v) is 2.47. The van der Waals surface area contributed by atoms with E-state index in [1.165, 1.54) is 12.8 Å². The van der Waals surface area contributed by atoms with Crippen molar-refractivity contribution in [3.63, 3.8) is 0 Å². The first-order valence-corrected chi connectivity index (χ1v) is 6.86. The zero-order chi connectivity index (χ0) is 13.7. The topological polar surface area (TPSA) is 30.5 Å². The predicted octanol–water partition coefficient (Wildman–Crippen LogP) is 3.11. The van der Waals surface area contributed by atoms with Gasteiger partial charge in [0.15, 0.2) is 0 Å². The van der Waals surface area contributed by atoms with Crippen LogP contribution in [0.5, 0.6) is 11.5 Å². The summed E-state index contributed by atoms with van der Waals surface area (Å²) >= 11 is 0. The highest BCUT2D eigenvalue weighted by atomic mass is 16.5. The molecule has 1 N–H and O–H groups in total. The zero-order valence-corrected chi connectivity index (χ0v) is 12.0. The van der Waals surface area contributed by atoms with Crippen molar-refractivity contribution in [3.05, 3.63) is 29.8 Å². The summed E-state index contributed by atoms with van der Waals surface area (Å²) < 4.78 is 10.6. The predicted molar refractivity (Wildman–Crippen MR) is 78.8 cm³/mol. The van der Waals surface area contributed by atoms with Gasteiger partial charge in [0.1, 0.15) is 11.5 Å². The fourth-order valence-electron chi connectivity index (χ4n) is 2.47. The summed E-state index contributed by atoms with van der Waals surface area (Å²) in [4.78, 5) is 0. The third-order valence-corrected chi connectivity index (χ3v) is 3.65. The molecular weight excluding hydrogens is 238 g/mol. The van der Waals surface area contributed by atoms with E-state index in [-0.39, 0.29) is 0 Å². The van der Waals surface area contributed by atoms with Gasteiger partial charge in [-0.2, -0.15) is 0 Å². The molecule has 2 rings (SSSR count). The molecule has 2 atom stereocenters.